The van der Waals surface area contributed by atoms with Crippen LogP contribution in [0.3, 0.4) is 0 Å². The van der Waals surface area contributed by atoms with Crippen LogP contribution in [0.4, 0.5) is 0 Å². The first-order valence-corrected chi connectivity index (χ1v) is 8.45. The number of piperazine rings is 1. The van der Waals surface area contributed by atoms with Crippen LogP contribution in [0.25, 0.3) is 10.9 Å². The molecule has 6 nitrogen and oxygen atoms in total. The lowest BCUT2D eigenvalue weighted by Gasteiger charge is -2.34. The number of nitrogens with zero attached hydrogens (tertiary/aromatic N) is 3. The van der Waals surface area contributed by atoms with Crippen LogP contribution in [0.1, 0.15) is 10.4 Å². The SMILES string of the molecule is CN1CCN(CC(O)CN(C)C(=O)c2cccc3cc[nH]c23)CC1. The number of nitrogens with one attached hydrogen (secondary N) is 1. The molecule has 1 amide bonds. The van der Waals surface area contributed by atoms with E-state index in [1.165, 1.54) is 0 Å². The van der Waals surface area contributed by atoms with Crippen molar-refractivity contribution in [3.63, 3.8) is 0 Å². The van der Waals surface area contributed by atoms with E-state index in [0.29, 0.717) is 18.7 Å². The Morgan fingerprint density at radius 1 is 1.29 bits per heavy atom. The highest BCUT2D eigenvalue weighted by Gasteiger charge is 2.21. The quantitative estimate of drug-likeness (QED) is 0.853. The number of aromatic nitrogens is 1. The lowest BCUT2D eigenvalue weighted by Crippen LogP contribution is -2.49. The summed E-state index contributed by atoms with van der Waals surface area (Å²) in [7, 11) is 3.86. The highest BCUT2D eigenvalue weighted by atomic mass is 16.3. The highest BCUT2D eigenvalue weighted by molar-refractivity contribution is 6.05. The Bertz CT molecular complexity index is 691. The van der Waals surface area contributed by atoms with Gasteiger partial charge in [-0.2, -0.15) is 0 Å². The lowest BCUT2D eigenvalue weighted by atomic mass is 10.1. The number of aromatic amines is 1. The van der Waals surface area contributed by atoms with Gasteiger partial charge in [-0.25, -0.2) is 0 Å². The van der Waals surface area contributed by atoms with Gasteiger partial charge in [-0.3, -0.25) is 9.69 Å². The Hall–Kier alpha value is -1.89. The summed E-state index contributed by atoms with van der Waals surface area (Å²) in [6.07, 6.45) is 1.30. The third-order valence-corrected chi connectivity index (χ3v) is 4.71. The van der Waals surface area contributed by atoms with Gasteiger partial charge in [-0.1, -0.05) is 12.1 Å². The molecule has 1 saturated heterocycles. The normalized spacial score (nSPS) is 18.0. The second kappa shape index (κ2) is 7.34. The van der Waals surface area contributed by atoms with Gasteiger partial charge < -0.3 is 19.9 Å². The van der Waals surface area contributed by atoms with Crippen LogP contribution in [-0.4, -0.2) is 90.2 Å². The number of H-pyrrole nitrogens is 1. The van der Waals surface area contributed by atoms with Crippen LogP contribution in [0.15, 0.2) is 30.5 Å². The molecule has 24 heavy (non-hydrogen) atoms. The standard InChI is InChI=1S/C18H26N4O2/c1-20-8-10-22(11-9-20)13-15(23)12-21(2)18(24)16-5-3-4-14-6-7-19-17(14)16/h3-7,15,19,23H,8-13H2,1-2H3. The molecule has 1 aromatic heterocycles. The molecule has 0 aliphatic carbocycles. The van der Waals surface area contributed by atoms with E-state index in [2.05, 4.69) is 21.8 Å². The number of aliphatic hydroxyl groups is 1. The zero-order valence-electron chi connectivity index (χ0n) is 14.4. The smallest absolute Gasteiger partial charge is 0.255 e. The minimum absolute atomic E-state index is 0.0690. The second-order valence-corrected chi connectivity index (χ2v) is 6.69. The molecular formula is C18H26N4O2. The average molecular weight is 330 g/mol. The molecule has 2 N–H and O–H groups in total. The van der Waals surface area contributed by atoms with Crippen LogP contribution in [-0.2, 0) is 0 Å². The molecule has 1 atom stereocenters. The molecule has 2 heterocycles. The van der Waals surface area contributed by atoms with Gasteiger partial charge in [0.2, 0.25) is 0 Å². The number of likely N-dealkylation sites (N-methyl/N-ethyl adjacent to an activating group) is 2. The van der Waals surface area contributed by atoms with Crippen molar-refractivity contribution in [3.8, 4) is 0 Å². The topological polar surface area (TPSA) is 62.8 Å². The van der Waals surface area contributed by atoms with Gasteiger partial charge in [-0.15, -0.1) is 0 Å². The maximum atomic E-state index is 12.7. The monoisotopic (exact) mass is 330 g/mol. The molecule has 1 aliphatic rings. The number of hydrogen-bond donors (Lipinski definition) is 2. The summed E-state index contributed by atoms with van der Waals surface area (Å²) in [5, 5.41) is 11.4. The molecule has 0 saturated carbocycles. The van der Waals surface area contributed by atoms with Gasteiger partial charge in [0.25, 0.3) is 5.91 Å². The largest absolute Gasteiger partial charge is 0.390 e. The Balaban J connectivity index is 1.58. The van der Waals surface area contributed by atoms with Gasteiger partial charge in [0.05, 0.1) is 17.2 Å². The molecule has 0 radical (unpaired) electrons. The molecule has 130 valence electrons. The molecule has 6 heteroatoms. The van der Waals surface area contributed by atoms with Crippen LogP contribution in [0.5, 0.6) is 0 Å². The fourth-order valence-corrected chi connectivity index (χ4v) is 3.25. The van der Waals surface area contributed by atoms with Crippen molar-refractivity contribution in [1.29, 1.82) is 0 Å². The van der Waals surface area contributed by atoms with E-state index in [-0.39, 0.29) is 5.91 Å². The van der Waals surface area contributed by atoms with Crippen molar-refractivity contribution < 1.29 is 9.90 Å². The van der Waals surface area contributed by atoms with Crippen LogP contribution < -0.4 is 0 Å². The number of para-hydroxylation sites is 1. The van der Waals surface area contributed by atoms with Crippen molar-refractivity contribution in [3.05, 3.63) is 36.0 Å². The Morgan fingerprint density at radius 3 is 2.79 bits per heavy atom. The first-order valence-electron chi connectivity index (χ1n) is 8.45. The number of rotatable bonds is 5. The van der Waals surface area contributed by atoms with Gasteiger partial charge in [-0.05, 0) is 19.2 Å². The number of carbonyl (C=O) groups is 1. The molecule has 3 rings (SSSR count). The number of fused-ring (bicyclic) bond motifs is 1. The third kappa shape index (κ3) is 3.77. The maximum Gasteiger partial charge on any atom is 0.255 e. The first kappa shape index (κ1) is 17.0. The molecular weight excluding hydrogens is 304 g/mol. The molecule has 1 aromatic carbocycles. The zero-order chi connectivity index (χ0) is 17.1. The first-order chi connectivity index (χ1) is 11.5. The lowest BCUT2D eigenvalue weighted by molar-refractivity contribution is 0.0502. The third-order valence-electron chi connectivity index (χ3n) is 4.71. The highest BCUT2D eigenvalue weighted by Crippen LogP contribution is 2.18. The van der Waals surface area contributed by atoms with E-state index < -0.39 is 6.10 Å². The summed E-state index contributed by atoms with van der Waals surface area (Å²) in [6, 6.07) is 7.64. The van der Waals surface area contributed by atoms with E-state index in [1.54, 1.807) is 11.9 Å². The van der Waals surface area contributed by atoms with Crippen LogP contribution in [0, 0.1) is 0 Å². The molecule has 1 aliphatic heterocycles. The zero-order valence-corrected chi connectivity index (χ0v) is 14.4. The summed E-state index contributed by atoms with van der Waals surface area (Å²) in [5.41, 5.74) is 1.50. The Kier molecular flexibility index (Phi) is 5.18. The number of β-amino-alcohol motifs (C(OH)–C–C–N with tert-alkyl or cyclic N) is 1. The minimum atomic E-state index is -0.537. The van der Waals surface area contributed by atoms with Crippen molar-refractivity contribution in [2.45, 2.75) is 6.10 Å². The predicted molar refractivity (Wildman–Crippen MR) is 95.2 cm³/mol. The van der Waals surface area contributed by atoms with Crippen molar-refractivity contribution in [2.24, 2.45) is 0 Å². The van der Waals surface area contributed by atoms with E-state index in [1.807, 2.05) is 30.5 Å². The Morgan fingerprint density at radius 2 is 2.04 bits per heavy atom. The van der Waals surface area contributed by atoms with E-state index >= 15 is 0 Å². The van der Waals surface area contributed by atoms with Gasteiger partial charge in [0.1, 0.15) is 0 Å². The summed E-state index contributed by atoms with van der Waals surface area (Å²) >= 11 is 0. The maximum absolute atomic E-state index is 12.7. The molecule has 1 unspecified atom stereocenters. The van der Waals surface area contributed by atoms with Crippen molar-refractivity contribution >= 4 is 16.8 Å². The van der Waals surface area contributed by atoms with Crippen molar-refractivity contribution in [1.82, 2.24) is 19.7 Å². The van der Waals surface area contributed by atoms with Gasteiger partial charge in [0, 0.05) is 57.9 Å². The summed E-state index contributed by atoms with van der Waals surface area (Å²) < 4.78 is 0. The van der Waals surface area contributed by atoms with E-state index in [4.69, 9.17) is 0 Å². The predicted octanol–water partition coefficient (Wildman–Crippen LogP) is 0.848. The summed E-state index contributed by atoms with van der Waals surface area (Å²) in [6.45, 7) is 4.92. The number of amides is 1. The molecule has 0 spiro atoms. The number of benzene rings is 1. The van der Waals surface area contributed by atoms with Crippen molar-refractivity contribution in [2.75, 3.05) is 53.4 Å². The average Bonchev–Trinajstić information content (AvgIpc) is 3.04. The molecule has 2 aromatic rings. The molecule has 1 fully saturated rings. The minimum Gasteiger partial charge on any atom is -0.390 e. The Labute approximate surface area is 142 Å². The number of carbonyl (C=O) groups excluding carboxylic acids is 1. The van der Waals surface area contributed by atoms with Crippen LogP contribution >= 0.6 is 0 Å². The fourth-order valence-electron chi connectivity index (χ4n) is 3.25. The second-order valence-electron chi connectivity index (χ2n) is 6.69. The van der Waals surface area contributed by atoms with Gasteiger partial charge in [0.15, 0.2) is 0 Å². The summed E-state index contributed by atoms with van der Waals surface area (Å²) in [4.78, 5) is 22.0. The molecule has 0 bridgehead atoms. The number of hydrogen-bond acceptors (Lipinski definition) is 4. The van der Waals surface area contributed by atoms with Gasteiger partial charge >= 0.3 is 0 Å². The number of aliphatic hydroxyl groups excluding tert-OH is 1. The van der Waals surface area contributed by atoms with Crippen LogP contribution in [0.2, 0.25) is 0 Å². The summed E-state index contributed by atoms with van der Waals surface area (Å²) in [5.74, 6) is -0.0690. The fraction of sp³-hybridized carbons (Fsp3) is 0.500. The van der Waals surface area contributed by atoms with E-state index in [9.17, 15) is 9.90 Å². The van der Waals surface area contributed by atoms with E-state index in [0.717, 1.165) is 37.1 Å².